The van der Waals surface area contributed by atoms with Crippen molar-refractivity contribution >= 4 is 24.0 Å². The number of amides is 1. The third-order valence-corrected chi connectivity index (χ3v) is 4.60. The van der Waals surface area contributed by atoms with Crippen LogP contribution in [0.2, 0.25) is 0 Å². The summed E-state index contributed by atoms with van der Waals surface area (Å²) in [7, 11) is 0. The van der Waals surface area contributed by atoms with Crippen molar-refractivity contribution in [3.63, 3.8) is 0 Å². The molecule has 5 heteroatoms. The summed E-state index contributed by atoms with van der Waals surface area (Å²) in [4.78, 5) is 12.7. The lowest BCUT2D eigenvalue weighted by atomic mass is 9.73. The quantitative estimate of drug-likeness (QED) is 0.848. The maximum absolute atomic E-state index is 13.6. The number of hydrogen-bond donors (Lipinski definition) is 2. The van der Waals surface area contributed by atoms with Gasteiger partial charge in [0.1, 0.15) is 5.82 Å². The third-order valence-electron chi connectivity index (χ3n) is 4.60. The molecule has 2 N–H and O–H groups in total. The maximum atomic E-state index is 13.6. The second-order valence-electron chi connectivity index (χ2n) is 5.66. The van der Waals surface area contributed by atoms with E-state index >= 15 is 0 Å². The average Bonchev–Trinajstić information content (AvgIpc) is 3.04. The highest BCUT2D eigenvalue weighted by Gasteiger charge is 2.55. The van der Waals surface area contributed by atoms with E-state index in [-0.39, 0.29) is 30.2 Å². The number of carbonyl (C=O) groups is 1. The highest BCUT2D eigenvalue weighted by atomic mass is 35.5. The fourth-order valence-electron chi connectivity index (χ4n) is 3.69. The Balaban J connectivity index is 0.00000144. The Morgan fingerprint density at radius 1 is 1.14 bits per heavy atom. The van der Waals surface area contributed by atoms with E-state index in [0.717, 1.165) is 29.8 Å². The summed E-state index contributed by atoms with van der Waals surface area (Å²) in [6.07, 6.45) is 0.719. The zero-order valence-corrected chi connectivity index (χ0v) is 12.6. The molecule has 0 aliphatic carbocycles. The lowest BCUT2D eigenvalue weighted by Gasteiger charge is -2.29. The highest BCUT2D eigenvalue weighted by molar-refractivity contribution is 6.07. The van der Waals surface area contributed by atoms with Gasteiger partial charge in [0, 0.05) is 5.69 Å². The van der Waals surface area contributed by atoms with Crippen LogP contribution < -0.4 is 10.6 Å². The number of anilines is 1. The van der Waals surface area contributed by atoms with Gasteiger partial charge < -0.3 is 10.6 Å². The van der Waals surface area contributed by atoms with Gasteiger partial charge in [0.05, 0.1) is 11.5 Å². The summed E-state index contributed by atoms with van der Waals surface area (Å²) < 4.78 is 13.6. The molecule has 2 unspecified atom stereocenters. The van der Waals surface area contributed by atoms with Gasteiger partial charge in [0.25, 0.3) is 0 Å². The molecule has 4 rings (SSSR count). The molecule has 114 valence electrons. The summed E-state index contributed by atoms with van der Waals surface area (Å²) in [5.41, 5.74) is 2.06. The molecule has 1 saturated heterocycles. The van der Waals surface area contributed by atoms with Crippen LogP contribution in [0.1, 0.15) is 23.6 Å². The van der Waals surface area contributed by atoms with Crippen LogP contribution in [-0.4, -0.2) is 12.5 Å². The Labute approximate surface area is 134 Å². The van der Waals surface area contributed by atoms with Crippen molar-refractivity contribution in [2.24, 2.45) is 0 Å². The van der Waals surface area contributed by atoms with E-state index in [2.05, 4.69) is 10.6 Å². The number of halogens is 2. The number of rotatable bonds is 1. The van der Waals surface area contributed by atoms with Crippen molar-refractivity contribution in [2.45, 2.75) is 17.9 Å². The standard InChI is InChI=1S/C17H15FN2O.ClH/c18-12-5-3-4-11(10-12)15-17(8-9-19-15)13-6-1-2-7-14(13)20-16(17)21;/h1-7,10,15,19H,8-9H2,(H,20,21);1H. The molecule has 1 amide bonds. The molecule has 2 aromatic carbocycles. The highest BCUT2D eigenvalue weighted by Crippen LogP contribution is 2.50. The summed E-state index contributed by atoms with van der Waals surface area (Å²) in [5.74, 6) is -0.272. The predicted octanol–water partition coefficient (Wildman–Crippen LogP) is 3.17. The van der Waals surface area contributed by atoms with Gasteiger partial charge in [-0.15, -0.1) is 12.4 Å². The Hall–Kier alpha value is -1.91. The molecule has 0 aromatic heterocycles. The van der Waals surface area contributed by atoms with E-state index in [1.165, 1.54) is 12.1 Å². The van der Waals surface area contributed by atoms with Crippen LogP contribution in [-0.2, 0) is 10.2 Å². The normalized spacial score (nSPS) is 25.7. The maximum Gasteiger partial charge on any atom is 0.237 e. The smallest absolute Gasteiger partial charge is 0.237 e. The molecule has 2 atom stereocenters. The Kier molecular flexibility index (Phi) is 3.67. The Morgan fingerprint density at radius 2 is 1.95 bits per heavy atom. The topological polar surface area (TPSA) is 41.1 Å². The van der Waals surface area contributed by atoms with Crippen LogP contribution in [0.15, 0.2) is 48.5 Å². The van der Waals surface area contributed by atoms with Gasteiger partial charge in [-0.1, -0.05) is 30.3 Å². The van der Waals surface area contributed by atoms with E-state index in [1.54, 1.807) is 6.07 Å². The van der Waals surface area contributed by atoms with Crippen molar-refractivity contribution < 1.29 is 9.18 Å². The average molecular weight is 319 g/mol. The van der Waals surface area contributed by atoms with Crippen molar-refractivity contribution in [1.29, 1.82) is 0 Å². The number of benzene rings is 2. The monoisotopic (exact) mass is 318 g/mol. The number of fused-ring (bicyclic) bond motifs is 2. The summed E-state index contributed by atoms with van der Waals surface area (Å²) in [5, 5.41) is 6.35. The van der Waals surface area contributed by atoms with Gasteiger partial charge in [-0.2, -0.15) is 0 Å². The number of carbonyl (C=O) groups excluding carboxylic acids is 1. The molecular weight excluding hydrogens is 303 g/mol. The first-order valence-corrected chi connectivity index (χ1v) is 7.11. The molecule has 2 heterocycles. The van der Waals surface area contributed by atoms with Crippen LogP contribution in [0.5, 0.6) is 0 Å². The largest absolute Gasteiger partial charge is 0.325 e. The SMILES string of the molecule is Cl.O=C1Nc2ccccc2C12CCNC2c1cccc(F)c1. The van der Waals surface area contributed by atoms with Crippen LogP contribution in [0.4, 0.5) is 10.1 Å². The van der Waals surface area contributed by atoms with Gasteiger partial charge in [-0.25, -0.2) is 4.39 Å². The second kappa shape index (κ2) is 5.38. The van der Waals surface area contributed by atoms with Crippen LogP contribution in [0.25, 0.3) is 0 Å². The minimum Gasteiger partial charge on any atom is -0.325 e. The Bertz CT molecular complexity index is 736. The minimum absolute atomic E-state index is 0. The molecule has 2 aliphatic heterocycles. The molecule has 2 aliphatic rings. The van der Waals surface area contributed by atoms with Crippen LogP contribution >= 0.6 is 12.4 Å². The second-order valence-corrected chi connectivity index (χ2v) is 5.66. The van der Waals surface area contributed by atoms with E-state index in [0.29, 0.717) is 0 Å². The van der Waals surface area contributed by atoms with Crippen molar-refractivity contribution in [3.05, 3.63) is 65.5 Å². The van der Waals surface area contributed by atoms with E-state index in [4.69, 9.17) is 0 Å². The molecule has 0 bridgehead atoms. The van der Waals surface area contributed by atoms with Crippen molar-refractivity contribution in [2.75, 3.05) is 11.9 Å². The number of hydrogen-bond acceptors (Lipinski definition) is 2. The van der Waals surface area contributed by atoms with Gasteiger partial charge >= 0.3 is 0 Å². The molecule has 0 radical (unpaired) electrons. The minimum atomic E-state index is -0.635. The van der Waals surface area contributed by atoms with E-state index in [9.17, 15) is 9.18 Å². The first kappa shape index (κ1) is 15.0. The first-order chi connectivity index (χ1) is 10.2. The summed E-state index contributed by atoms with van der Waals surface area (Å²) in [6, 6.07) is 14.1. The first-order valence-electron chi connectivity index (χ1n) is 7.11. The van der Waals surface area contributed by atoms with Crippen LogP contribution in [0.3, 0.4) is 0 Å². The van der Waals surface area contributed by atoms with E-state index in [1.807, 2.05) is 30.3 Å². The molecule has 3 nitrogen and oxygen atoms in total. The molecule has 1 spiro atoms. The van der Waals surface area contributed by atoms with E-state index < -0.39 is 5.41 Å². The lowest BCUT2D eigenvalue weighted by molar-refractivity contribution is -0.121. The van der Waals surface area contributed by atoms with Gasteiger partial charge in [-0.05, 0) is 42.3 Å². The molecule has 22 heavy (non-hydrogen) atoms. The molecule has 1 fully saturated rings. The summed E-state index contributed by atoms with van der Waals surface area (Å²) >= 11 is 0. The van der Waals surface area contributed by atoms with Crippen molar-refractivity contribution in [3.8, 4) is 0 Å². The molecule has 0 saturated carbocycles. The van der Waals surface area contributed by atoms with Gasteiger partial charge in [0.2, 0.25) is 5.91 Å². The zero-order chi connectivity index (χ0) is 14.4. The fraction of sp³-hybridized carbons (Fsp3) is 0.235. The van der Waals surface area contributed by atoms with Crippen molar-refractivity contribution in [1.82, 2.24) is 5.32 Å². The van der Waals surface area contributed by atoms with Gasteiger partial charge in [-0.3, -0.25) is 4.79 Å². The molecular formula is C17H16ClFN2O. The Morgan fingerprint density at radius 3 is 2.77 bits per heavy atom. The fourth-order valence-corrected chi connectivity index (χ4v) is 3.69. The lowest BCUT2D eigenvalue weighted by Crippen LogP contribution is -2.39. The predicted molar refractivity (Wildman–Crippen MR) is 85.8 cm³/mol. The number of para-hydroxylation sites is 1. The third kappa shape index (κ3) is 1.95. The molecule has 2 aromatic rings. The van der Waals surface area contributed by atoms with Crippen LogP contribution in [0, 0.1) is 5.82 Å². The zero-order valence-electron chi connectivity index (χ0n) is 11.8. The van der Waals surface area contributed by atoms with Gasteiger partial charge in [0.15, 0.2) is 0 Å². The summed E-state index contributed by atoms with van der Waals surface area (Å²) in [6.45, 7) is 0.739. The number of nitrogens with one attached hydrogen (secondary N) is 2.